The van der Waals surface area contributed by atoms with Gasteiger partial charge in [-0.3, -0.25) is 9.59 Å². The zero-order chi connectivity index (χ0) is 43.7. The third-order valence-corrected chi connectivity index (χ3v) is 12.7. The van der Waals surface area contributed by atoms with Crippen LogP contribution in [0.5, 0.6) is 0 Å². The summed E-state index contributed by atoms with van der Waals surface area (Å²) < 4.78 is 11.1. The molecule has 6 heteroatoms. The Kier molecular flexibility index (Phi) is 48.0. The molecule has 0 aliphatic rings. The molecule has 0 heterocycles. The molecule has 2 N–H and O–H groups in total. The van der Waals surface area contributed by atoms with Crippen molar-refractivity contribution in [3.05, 3.63) is 0 Å². The lowest BCUT2D eigenvalue weighted by Crippen LogP contribution is -2.40. The van der Waals surface area contributed by atoms with Gasteiger partial charge in [0.15, 0.2) is 0 Å². The summed E-state index contributed by atoms with van der Waals surface area (Å²) in [7, 11) is 0. The monoisotopic (exact) mass is 851 g/mol. The number of carbonyl (C=O) groups is 2. The van der Waals surface area contributed by atoms with Gasteiger partial charge in [-0.25, -0.2) is 0 Å². The van der Waals surface area contributed by atoms with Crippen LogP contribution in [0.15, 0.2) is 0 Å². The molecule has 0 aliphatic carbocycles. The van der Waals surface area contributed by atoms with Crippen LogP contribution in [0.1, 0.15) is 322 Å². The van der Waals surface area contributed by atoms with Crippen molar-refractivity contribution in [2.24, 2.45) is 0 Å². The largest absolute Gasteiger partial charge is 0.398 e. The first-order chi connectivity index (χ1) is 29.5. The second-order valence-electron chi connectivity index (χ2n) is 18.8. The topological polar surface area (TPSA) is 93.1 Å². The van der Waals surface area contributed by atoms with Crippen LogP contribution in [0.4, 0.5) is 0 Å². The fourth-order valence-electron chi connectivity index (χ4n) is 8.62. The van der Waals surface area contributed by atoms with Gasteiger partial charge in [0.2, 0.25) is 0 Å². The van der Waals surface area contributed by atoms with Gasteiger partial charge in [0.1, 0.15) is 0 Å². The molecule has 0 radical (unpaired) electrons. The Labute approximate surface area is 374 Å². The Morgan fingerprint density at radius 2 is 0.517 bits per heavy atom. The Hall–Kier alpha value is -1.14. The van der Waals surface area contributed by atoms with Gasteiger partial charge in [0.05, 0.1) is 6.42 Å². The summed E-state index contributed by atoms with van der Waals surface area (Å²) >= 11 is 0. The number of aliphatic hydroxyl groups excluding tert-OH is 1. The van der Waals surface area contributed by atoms with Gasteiger partial charge >= 0.3 is 17.9 Å². The smallest absolute Gasteiger partial charge is 0.373 e. The van der Waals surface area contributed by atoms with Crippen LogP contribution in [0.25, 0.3) is 0 Å². The summed E-state index contributed by atoms with van der Waals surface area (Å²) in [6.07, 6.45) is 56.3. The van der Waals surface area contributed by atoms with Crippen molar-refractivity contribution in [3.8, 4) is 0 Å². The number of hydrogen-bond acceptors (Lipinski definition) is 6. The van der Waals surface area contributed by atoms with Crippen molar-refractivity contribution in [2.45, 2.75) is 328 Å². The fourth-order valence-corrected chi connectivity index (χ4v) is 8.62. The molecule has 0 aliphatic heterocycles. The van der Waals surface area contributed by atoms with E-state index in [4.69, 9.17) is 14.6 Å². The first-order valence-electron chi connectivity index (χ1n) is 27.2. The number of hydrogen-bond donors (Lipinski definition) is 2. The van der Waals surface area contributed by atoms with Crippen molar-refractivity contribution in [1.82, 2.24) is 0 Å². The summed E-state index contributed by atoms with van der Waals surface area (Å²) in [5, 5.41) is 20.2. The van der Waals surface area contributed by atoms with Crippen LogP contribution < -0.4 is 0 Å². The van der Waals surface area contributed by atoms with Crippen molar-refractivity contribution in [3.63, 3.8) is 0 Å². The van der Waals surface area contributed by atoms with Crippen LogP contribution in [-0.2, 0) is 19.1 Å². The highest BCUT2D eigenvalue weighted by atomic mass is 16.8. The molecule has 0 fully saturated rings. The molecular weight excluding hydrogens is 745 g/mol. The van der Waals surface area contributed by atoms with Crippen molar-refractivity contribution < 1.29 is 29.3 Å². The van der Waals surface area contributed by atoms with E-state index in [1.54, 1.807) is 0 Å². The molecule has 0 saturated heterocycles. The molecular formula is C54H106O6. The number of carbonyl (C=O) groups excluding carboxylic acids is 2. The predicted molar refractivity (Wildman–Crippen MR) is 257 cm³/mol. The van der Waals surface area contributed by atoms with Gasteiger partial charge < -0.3 is 19.7 Å². The summed E-state index contributed by atoms with van der Waals surface area (Å²) in [6.45, 7) is 4.88. The van der Waals surface area contributed by atoms with Crippen molar-refractivity contribution >= 4 is 11.9 Å². The van der Waals surface area contributed by atoms with Gasteiger partial charge in [-0.15, -0.1) is 0 Å². The molecule has 358 valence electrons. The van der Waals surface area contributed by atoms with Gasteiger partial charge in [0, 0.05) is 19.4 Å². The van der Waals surface area contributed by atoms with Crippen LogP contribution in [-0.4, -0.2) is 34.7 Å². The first-order valence-corrected chi connectivity index (χ1v) is 27.2. The third-order valence-electron chi connectivity index (χ3n) is 12.7. The Bertz CT molecular complexity index is 813. The van der Waals surface area contributed by atoms with E-state index in [1.807, 2.05) is 0 Å². The van der Waals surface area contributed by atoms with E-state index in [0.717, 1.165) is 64.2 Å². The van der Waals surface area contributed by atoms with Gasteiger partial charge in [-0.05, 0) is 25.7 Å². The van der Waals surface area contributed by atoms with E-state index >= 15 is 0 Å². The fraction of sp³-hybridized carbons (Fsp3) is 0.963. The molecule has 0 spiro atoms. The minimum absolute atomic E-state index is 0.141. The average Bonchev–Trinajstić information content (AvgIpc) is 3.23. The van der Waals surface area contributed by atoms with Crippen LogP contribution in [0.3, 0.4) is 0 Å². The highest BCUT2D eigenvalue weighted by molar-refractivity contribution is 5.71. The first kappa shape index (κ1) is 58.9. The van der Waals surface area contributed by atoms with E-state index in [-0.39, 0.29) is 19.3 Å². The molecule has 60 heavy (non-hydrogen) atoms. The molecule has 0 aromatic heterocycles. The zero-order valence-corrected chi connectivity index (χ0v) is 40.7. The van der Waals surface area contributed by atoms with Crippen molar-refractivity contribution in [1.29, 1.82) is 0 Å². The highest BCUT2D eigenvalue weighted by Gasteiger charge is 2.35. The lowest BCUT2D eigenvalue weighted by Gasteiger charge is -2.27. The molecule has 0 bridgehead atoms. The minimum atomic E-state index is -2.15. The van der Waals surface area contributed by atoms with E-state index < -0.39 is 17.9 Å². The minimum Gasteiger partial charge on any atom is -0.398 e. The van der Waals surface area contributed by atoms with Gasteiger partial charge in [-0.1, -0.05) is 277 Å². The SMILES string of the molecule is CCCCCCCCCCCCCCCCCC(=O)OC(O)(CCCCCCCCCCCCCCCCCO)OC(=O)CCCCCCCCCCCCCCCCC. The second kappa shape index (κ2) is 48.9. The predicted octanol–water partition coefficient (Wildman–Crippen LogP) is 17.5. The third kappa shape index (κ3) is 46.4. The number of ether oxygens (including phenoxy) is 2. The van der Waals surface area contributed by atoms with Crippen LogP contribution in [0.2, 0.25) is 0 Å². The standard InChI is InChI=1S/C54H106O6/c1-3-5-7-9-11-13-15-17-20-24-28-32-36-40-44-48-52(56)59-54(58,50-46-42-38-34-30-26-22-19-23-27-31-35-39-43-47-51-55)60-53(57)49-45-41-37-33-29-25-21-18-16-14-12-10-8-6-4-2/h55,58H,3-51H2,1-2H3. The quantitative estimate of drug-likeness (QED) is 0.0360. The summed E-state index contributed by atoms with van der Waals surface area (Å²) in [5.74, 6) is -3.08. The van der Waals surface area contributed by atoms with Gasteiger partial charge in [0.25, 0.3) is 0 Å². The zero-order valence-electron chi connectivity index (χ0n) is 40.7. The molecule has 0 rings (SSSR count). The Morgan fingerprint density at radius 1 is 0.317 bits per heavy atom. The van der Waals surface area contributed by atoms with Crippen molar-refractivity contribution in [2.75, 3.05) is 6.61 Å². The Morgan fingerprint density at radius 3 is 0.750 bits per heavy atom. The summed E-state index contributed by atoms with van der Waals surface area (Å²) in [4.78, 5) is 25.7. The molecule has 0 unspecified atom stereocenters. The lowest BCUT2D eigenvalue weighted by atomic mass is 10.0. The number of esters is 2. The van der Waals surface area contributed by atoms with Crippen LogP contribution >= 0.6 is 0 Å². The van der Waals surface area contributed by atoms with Gasteiger partial charge in [-0.2, -0.15) is 0 Å². The summed E-state index contributed by atoms with van der Waals surface area (Å²) in [6, 6.07) is 0. The maximum atomic E-state index is 12.9. The van der Waals surface area contributed by atoms with E-state index in [9.17, 15) is 14.7 Å². The van der Waals surface area contributed by atoms with Crippen LogP contribution in [0, 0.1) is 0 Å². The maximum Gasteiger partial charge on any atom is 0.373 e. The molecule has 0 aromatic rings. The molecule has 0 aromatic carbocycles. The lowest BCUT2D eigenvalue weighted by molar-refractivity contribution is -0.328. The maximum absolute atomic E-state index is 12.9. The average molecular weight is 851 g/mol. The number of aliphatic hydroxyl groups is 2. The Balaban J connectivity index is 4.32. The molecule has 0 saturated carbocycles. The molecule has 0 atom stereocenters. The van der Waals surface area contributed by atoms with E-state index in [0.29, 0.717) is 13.0 Å². The number of unbranched alkanes of at least 4 members (excludes halogenated alkanes) is 42. The van der Waals surface area contributed by atoms with E-state index in [2.05, 4.69) is 13.8 Å². The second-order valence-corrected chi connectivity index (χ2v) is 18.8. The highest BCUT2D eigenvalue weighted by Crippen LogP contribution is 2.24. The molecule has 6 nitrogen and oxygen atoms in total. The molecule has 0 amide bonds. The normalized spacial score (nSPS) is 11.7. The van der Waals surface area contributed by atoms with E-state index in [1.165, 1.54) is 218 Å². The number of rotatable bonds is 51. The summed E-state index contributed by atoms with van der Waals surface area (Å²) in [5.41, 5.74) is 0.